The normalized spacial score (nSPS) is 11.8. The van der Waals surface area contributed by atoms with Gasteiger partial charge in [0.2, 0.25) is 0 Å². The number of hydrogen-bond donors (Lipinski definition) is 1. The van der Waals surface area contributed by atoms with Crippen molar-refractivity contribution in [2.45, 2.75) is 84.6 Å². The van der Waals surface area contributed by atoms with E-state index in [0.717, 1.165) is 44.9 Å². The van der Waals surface area contributed by atoms with Gasteiger partial charge in [0.25, 0.3) is 0 Å². The highest BCUT2D eigenvalue weighted by Gasteiger charge is 2.13. The minimum absolute atomic E-state index is 0.179. The van der Waals surface area contributed by atoms with Gasteiger partial charge >= 0.3 is 12.1 Å². The molecule has 22 heavy (non-hydrogen) atoms. The maximum absolute atomic E-state index is 11.6. The smallest absolute Gasteiger partial charge is 0.407 e. The molecular formula is C17H33NO4. The molecule has 0 rings (SSSR count). The second-order valence-electron chi connectivity index (χ2n) is 5.73. The highest BCUT2D eigenvalue weighted by molar-refractivity contribution is 5.72. The van der Waals surface area contributed by atoms with Crippen LogP contribution in [0.5, 0.6) is 0 Å². The fraction of sp³-hybridized carbons (Fsp3) is 0.882. The van der Waals surface area contributed by atoms with Crippen molar-refractivity contribution in [1.29, 1.82) is 0 Å². The van der Waals surface area contributed by atoms with E-state index in [0.29, 0.717) is 13.2 Å². The van der Waals surface area contributed by atoms with Crippen LogP contribution in [-0.4, -0.2) is 31.3 Å². The maximum atomic E-state index is 11.6. The van der Waals surface area contributed by atoms with Crippen LogP contribution in [0.15, 0.2) is 0 Å². The zero-order valence-electron chi connectivity index (χ0n) is 14.5. The predicted molar refractivity (Wildman–Crippen MR) is 87.8 cm³/mol. The quantitative estimate of drug-likeness (QED) is 0.409. The number of hydrogen-bond acceptors (Lipinski definition) is 4. The number of unbranched alkanes of at least 4 members (excludes halogenated alkanes) is 6. The molecule has 1 amide bonds. The monoisotopic (exact) mass is 315 g/mol. The van der Waals surface area contributed by atoms with Crippen LogP contribution in [0.2, 0.25) is 0 Å². The zero-order chi connectivity index (χ0) is 16.6. The predicted octanol–water partition coefficient (Wildman–Crippen LogP) is 4.20. The van der Waals surface area contributed by atoms with Crippen LogP contribution in [-0.2, 0) is 14.3 Å². The maximum Gasteiger partial charge on any atom is 0.407 e. The number of nitrogens with one attached hydrogen (secondary N) is 1. The Morgan fingerprint density at radius 3 is 1.95 bits per heavy atom. The van der Waals surface area contributed by atoms with Crippen LogP contribution in [0.3, 0.4) is 0 Å². The van der Waals surface area contributed by atoms with Crippen LogP contribution in [0.25, 0.3) is 0 Å². The van der Waals surface area contributed by atoms with Gasteiger partial charge in [0, 0.05) is 6.04 Å². The third kappa shape index (κ3) is 13.7. The molecule has 130 valence electrons. The summed E-state index contributed by atoms with van der Waals surface area (Å²) in [5.74, 6) is -0.271. The summed E-state index contributed by atoms with van der Waals surface area (Å²) >= 11 is 0. The Hall–Kier alpha value is -1.26. The van der Waals surface area contributed by atoms with E-state index in [1.807, 2.05) is 0 Å². The molecular weight excluding hydrogens is 282 g/mol. The number of amides is 1. The fourth-order valence-corrected chi connectivity index (χ4v) is 2.01. The summed E-state index contributed by atoms with van der Waals surface area (Å²) < 4.78 is 10.2. The Morgan fingerprint density at radius 2 is 1.41 bits per heavy atom. The van der Waals surface area contributed by atoms with Crippen molar-refractivity contribution in [2.24, 2.45) is 0 Å². The van der Waals surface area contributed by atoms with Crippen molar-refractivity contribution in [3.05, 3.63) is 0 Å². The molecule has 5 nitrogen and oxygen atoms in total. The highest BCUT2D eigenvalue weighted by atomic mass is 16.5. The van der Waals surface area contributed by atoms with Crippen molar-refractivity contribution in [3.63, 3.8) is 0 Å². The second kappa shape index (κ2) is 14.7. The number of carbonyl (C=O) groups excluding carboxylic acids is 2. The minimum atomic E-state index is -0.459. The summed E-state index contributed by atoms with van der Waals surface area (Å²) in [6.45, 7) is 6.95. The molecule has 0 saturated carbocycles. The molecule has 0 aliphatic rings. The molecule has 0 radical (unpaired) electrons. The minimum Gasteiger partial charge on any atom is -0.466 e. The average molecular weight is 315 g/mol. The van der Waals surface area contributed by atoms with Crippen molar-refractivity contribution in [2.75, 3.05) is 13.2 Å². The van der Waals surface area contributed by atoms with E-state index in [1.54, 1.807) is 6.92 Å². The number of esters is 1. The Kier molecular flexibility index (Phi) is 13.8. The van der Waals surface area contributed by atoms with Crippen LogP contribution >= 0.6 is 0 Å². The lowest BCUT2D eigenvalue weighted by Gasteiger charge is -2.13. The number of ether oxygens (including phenoxy) is 2. The van der Waals surface area contributed by atoms with Crippen LogP contribution in [0.4, 0.5) is 4.79 Å². The van der Waals surface area contributed by atoms with Crippen molar-refractivity contribution in [1.82, 2.24) is 5.32 Å². The van der Waals surface area contributed by atoms with E-state index >= 15 is 0 Å². The van der Waals surface area contributed by atoms with Gasteiger partial charge in [-0.15, -0.1) is 0 Å². The largest absolute Gasteiger partial charge is 0.466 e. The molecule has 0 heterocycles. The van der Waals surface area contributed by atoms with Gasteiger partial charge in [-0.25, -0.2) is 4.79 Å². The Labute approximate surface area is 135 Å². The van der Waals surface area contributed by atoms with Crippen molar-refractivity contribution < 1.29 is 19.1 Å². The first kappa shape index (κ1) is 20.7. The molecule has 1 N–H and O–H groups in total. The van der Waals surface area contributed by atoms with Gasteiger partial charge in [0.05, 0.1) is 19.6 Å². The lowest BCUT2D eigenvalue weighted by Crippen LogP contribution is -2.35. The molecule has 0 bridgehead atoms. The molecule has 5 heteroatoms. The first-order valence-corrected chi connectivity index (χ1v) is 8.69. The fourth-order valence-electron chi connectivity index (χ4n) is 2.01. The molecule has 0 aromatic heterocycles. The van der Waals surface area contributed by atoms with Gasteiger partial charge < -0.3 is 14.8 Å². The number of rotatable bonds is 13. The van der Waals surface area contributed by atoms with Gasteiger partial charge in [-0.2, -0.15) is 0 Å². The topological polar surface area (TPSA) is 64.6 Å². The SMILES string of the molecule is CCCCCCOC(=O)CC(C)NC(=O)OCCCCCC. The summed E-state index contributed by atoms with van der Waals surface area (Å²) in [7, 11) is 0. The molecule has 0 spiro atoms. The van der Waals surface area contributed by atoms with Gasteiger partial charge in [0.15, 0.2) is 0 Å². The summed E-state index contributed by atoms with van der Waals surface area (Å²) in [4.78, 5) is 23.1. The summed E-state index contributed by atoms with van der Waals surface area (Å²) in [5, 5.41) is 2.65. The summed E-state index contributed by atoms with van der Waals surface area (Å²) in [6, 6.07) is -0.272. The van der Waals surface area contributed by atoms with Crippen LogP contribution in [0, 0.1) is 0 Å². The van der Waals surface area contributed by atoms with E-state index in [2.05, 4.69) is 19.2 Å². The second-order valence-corrected chi connectivity index (χ2v) is 5.73. The van der Waals surface area contributed by atoms with Crippen LogP contribution in [0.1, 0.15) is 78.6 Å². The molecule has 0 aliphatic carbocycles. The molecule has 0 aromatic carbocycles. The van der Waals surface area contributed by atoms with E-state index in [-0.39, 0.29) is 18.4 Å². The Bertz CT molecular complexity index is 266. The first-order chi connectivity index (χ1) is 10.6. The summed E-state index contributed by atoms with van der Waals surface area (Å²) in [5.41, 5.74) is 0. The molecule has 0 fully saturated rings. The van der Waals surface area contributed by atoms with Crippen LogP contribution < -0.4 is 5.32 Å². The van der Waals surface area contributed by atoms with E-state index in [1.165, 1.54) is 6.42 Å². The van der Waals surface area contributed by atoms with Gasteiger partial charge in [-0.3, -0.25) is 4.79 Å². The first-order valence-electron chi connectivity index (χ1n) is 8.69. The molecule has 1 unspecified atom stereocenters. The molecule has 0 aromatic rings. The Balaban J connectivity index is 3.58. The molecule has 0 saturated heterocycles. The van der Waals surface area contributed by atoms with E-state index in [4.69, 9.17) is 9.47 Å². The standard InChI is InChI=1S/C17H33NO4/c1-4-6-8-10-12-21-16(19)14-15(3)18-17(20)22-13-11-9-7-5-2/h15H,4-14H2,1-3H3,(H,18,20). The number of carbonyl (C=O) groups is 2. The van der Waals surface area contributed by atoms with Gasteiger partial charge in [-0.05, 0) is 19.8 Å². The van der Waals surface area contributed by atoms with Crippen molar-refractivity contribution in [3.8, 4) is 0 Å². The van der Waals surface area contributed by atoms with E-state index in [9.17, 15) is 9.59 Å². The highest BCUT2D eigenvalue weighted by Crippen LogP contribution is 2.02. The van der Waals surface area contributed by atoms with Gasteiger partial charge in [0.1, 0.15) is 0 Å². The average Bonchev–Trinajstić information content (AvgIpc) is 2.46. The molecule has 1 atom stereocenters. The lowest BCUT2D eigenvalue weighted by molar-refractivity contribution is -0.144. The van der Waals surface area contributed by atoms with Gasteiger partial charge in [-0.1, -0.05) is 52.4 Å². The number of alkyl carbamates (subject to hydrolysis) is 1. The Morgan fingerprint density at radius 1 is 0.864 bits per heavy atom. The third-order valence-electron chi connectivity index (χ3n) is 3.33. The molecule has 0 aliphatic heterocycles. The third-order valence-corrected chi connectivity index (χ3v) is 3.33. The van der Waals surface area contributed by atoms with E-state index < -0.39 is 6.09 Å². The van der Waals surface area contributed by atoms with Crippen molar-refractivity contribution >= 4 is 12.1 Å². The summed E-state index contributed by atoms with van der Waals surface area (Å²) in [6.07, 6.45) is 8.31. The lowest BCUT2D eigenvalue weighted by atomic mass is 10.2. The zero-order valence-corrected chi connectivity index (χ0v) is 14.5.